The van der Waals surface area contributed by atoms with E-state index < -0.39 is 0 Å². The van der Waals surface area contributed by atoms with Crippen LogP contribution in [-0.2, 0) is 5.54 Å². The average molecular weight is 221 g/mol. The molecule has 1 aliphatic rings. The quantitative estimate of drug-likeness (QED) is 0.849. The number of nitrogens with two attached hydrogens (primary N) is 1. The smallest absolute Gasteiger partial charge is 0.166 e. The van der Waals surface area contributed by atoms with Crippen LogP contribution in [0.15, 0.2) is 18.2 Å². The molecule has 0 radical (unpaired) electrons. The number of methoxy groups -OCH3 is 1. The topological polar surface area (TPSA) is 44.5 Å². The van der Waals surface area contributed by atoms with Gasteiger partial charge >= 0.3 is 0 Å². The lowest BCUT2D eigenvalue weighted by molar-refractivity contribution is 0.226. The molecule has 1 aliphatic carbocycles. The molecule has 1 saturated carbocycles. The molecule has 0 heterocycles. The molecule has 0 spiro atoms. The summed E-state index contributed by atoms with van der Waals surface area (Å²) < 4.78 is 11.2. The van der Waals surface area contributed by atoms with E-state index in [2.05, 4.69) is 0 Å². The van der Waals surface area contributed by atoms with Crippen molar-refractivity contribution in [1.29, 1.82) is 0 Å². The Morgan fingerprint density at radius 1 is 1.31 bits per heavy atom. The van der Waals surface area contributed by atoms with Gasteiger partial charge in [0.15, 0.2) is 11.5 Å². The first-order valence-electron chi connectivity index (χ1n) is 5.70. The molecular weight excluding hydrogens is 202 g/mol. The summed E-state index contributed by atoms with van der Waals surface area (Å²) >= 11 is 0. The standard InChI is InChI=1S/C13H19NO2/c1-9(2)16-12-10(13(14)7-8-13)5-4-6-11(12)15-3/h4-6,9H,7-8,14H2,1-3H3. The summed E-state index contributed by atoms with van der Waals surface area (Å²) in [5.74, 6) is 1.57. The summed E-state index contributed by atoms with van der Waals surface area (Å²) in [5.41, 5.74) is 7.11. The van der Waals surface area contributed by atoms with Crippen LogP contribution < -0.4 is 15.2 Å². The molecule has 2 rings (SSSR count). The molecule has 0 saturated heterocycles. The van der Waals surface area contributed by atoms with Gasteiger partial charge in [-0.3, -0.25) is 0 Å². The highest BCUT2D eigenvalue weighted by Gasteiger charge is 2.43. The zero-order valence-corrected chi connectivity index (χ0v) is 10.1. The van der Waals surface area contributed by atoms with Crippen molar-refractivity contribution in [3.63, 3.8) is 0 Å². The van der Waals surface area contributed by atoms with Crippen LogP contribution in [0.1, 0.15) is 32.3 Å². The SMILES string of the molecule is COc1cccc(C2(N)CC2)c1OC(C)C. The van der Waals surface area contributed by atoms with Gasteiger partial charge in [-0.1, -0.05) is 12.1 Å². The molecule has 1 fully saturated rings. The van der Waals surface area contributed by atoms with Gasteiger partial charge in [-0.05, 0) is 32.8 Å². The van der Waals surface area contributed by atoms with Crippen LogP contribution in [0.5, 0.6) is 11.5 Å². The van der Waals surface area contributed by atoms with E-state index >= 15 is 0 Å². The van der Waals surface area contributed by atoms with Crippen LogP contribution in [-0.4, -0.2) is 13.2 Å². The van der Waals surface area contributed by atoms with Crippen LogP contribution in [0.4, 0.5) is 0 Å². The second-order valence-electron chi connectivity index (χ2n) is 4.66. The maximum absolute atomic E-state index is 6.23. The molecule has 0 unspecified atom stereocenters. The molecular formula is C13H19NO2. The molecule has 0 atom stereocenters. The molecule has 88 valence electrons. The Kier molecular flexibility index (Phi) is 2.80. The summed E-state index contributed by atoms with van der Waals surface area (Å²) in [5, 5.41) is 0. The van der Waals surface area contributed by atoms with Gasteiger partial charge in [-0.2, -0.15) is 0 Å². The highest BCUT2D eigenvalue weighted by atomic mass is 16.5. The Hall–Kier alpha value is -1.22. The molecule has 1 aromatic rings. The van der Waals surface area contributed by atoms with Crippen molar-refractivity contribution in [2.45, 2.75) is 38.3 Å². The Morgan fingerprint density at radius 2 is 2.00 bits per heavy atom. The largest absolute Gasteiger partial charge is 0.493 e. The minimum atomic E-state index is -0.196. The number of ether oxygens (including phenoxy) is 2. The van der Waals surface area contributed by atoms with Crippen molar-refractivity contribution < 1.29 is 9.47 Å². The molecule has 0 aliphatic heterocycles. The number of para-hydroxylation sites is 1. The third-order valence-electron chi connectivity index (χ3n) is 2.88. The Balaban J connectivity index is 2.42. The summed E-state index contributed by atoms with van der Waals surface area (Å²) in [6.45, 7) is 4.01. The average Bonchev–Trinajstić information content (AvgIpc) is 2.97. The fourth-order valence-electron chi connectivity index (χ4n) is 1.83. The highest BCUT2D eigenvalue weighted by Crippen LogP contribution is 2.49. The van der Waals surface area contributed by atoms with E-state index in [1.54, 1.807) is 7.11 Å². The second kappa shape index (κ2) is 3.98. The van der Waals surface area contributed by atoms with Gasteiger partial charge < -0.3 is 15.2 Å². The lowest BCUT2D eigenvalue weighted by Gasteiger charge is -2.20. The van der Waals surface area contributed by atoms with Gasteiger partial charge in [0.2, 0.25) is 0 Å². The first-order valence-corrected chi connectivity index (χ1v) is 5.70. The first-order chi connectivity index (χ1) is 7.57. The third kappa shape index (κ3) is 2.00. The third-order valence-corrected chi connectivity index (χ3v) is 2.88. The number of hydrogen-bond donors (Lipinski definition) is 1. The molecule has 0 amide bonds. The van der Waals surface area contributed by atoms with Crippen molar-refractivity contribution in [2.24, 2.45) is 5.73 Å². The van der Waals surface area contributed by atoms with Gasteiger partial charge in [0.1, 0.15) is 0 Å². The second-order valence-corrected chi connectivity index (χ2v) is 4.66. The summed E-state index contributed by atoms with van der Waals surface area (Å²) in [6.07, 6.45) is 2.17. The van der Waals surface area contributed by atoms with Crippen LogP contribution >= 0.6 is 0 Å². The monoisotopic (exact) mass is 221 g/mol. The zero-order valence-electron chi connectivity index (χ0n) is 10.1. The van der Waals surface area contributed by atoms with E-state index in [0.29, 0.717) is 0 Å². The predicted molar refractivity (Wildman–Crippen MR) is 63.9 cm³/mol. The van der Waals surface area contributed by atoms with Gasteiger partial charge in [0.05, 0.1) is 13.2 Å². The van der Waals surface area contributed by atoms with E-state index in [1.165, 1.54) is 0 Å². The molecule has 2 N–H and O–H groups in total. The highest BCUT2D eigenvalue weighted by molar-refractivity contribution is 5.51. The molecule has 0 aromatic heterocycles. The van der Waals surface area contributed by atoms with E-state index in [0.717, 1.165) is 29.9 Å². The Bertz CT molecular complexity index is 384. The van der Waals surface area contributed by atoms with Gasteiger partial charge in [0, 0.05) is 11.1 Å². The summed E-state index contributed by atoms with van der Waals surface area (Å²) in [7, 11) is 1.66. The fraction of sp³-hybridized carbons (Fsp3) is 0.538. The van der Waals surface area contributed by atoms with Crippen molar-refractivity contribution in [1.82, 2.24) is 0 Å². The van der Waals surface area contributed by atoms with E-state index in [4.69, 9.17) is 15.2 Å². The molecule has 3 nitrogen and oxygen atoms in total. The van der Waals surface area contributed by atoms with Crippen molar-refractivity contribution in [2.75, 3.05) is 7.11 Å². The maximum atomic E-state index is 6.23. The van der Waals surface area contributed by atoms with Crippen LogP contribution in [0, 0.1) is 0 Å². The normalized spacial score (nSPS) is 17.3. The number of benzene rings is 1. The van der Waals surface area contributed by atoms with Crippen molar-refractivity contribution in [3.05, 3.63) is 23.8 Å². The summed E-state index contributed by atoms with van der Waals surface area (Å²) in [4.78, 5) is 0. The van der Waals surface area contributed by atoms with Gasteiger partial charge in [-0.15, -0.1) is 0 Å². The molecule has 0 bridgehead atoms. The lowest BCUT2D eigenvalue weighted by Crippen LogP contribution is -2.21. The fourth-order valence-corrected chi connectivity index (χ4v) is 1.83. The number of rotatable bonds is 4. The molecule has 16 heavy (non-hydrogen) atoms. The van der Waals surface area contributed by atoms with Crippen molar-refractivity contribution in [3.8, 4) is 11.5 Å². The summed E-state index contributed by atoms with van der Waals surface area (Å²) in [6, 6.07) is 5.91. The maximum Gasteiger partial charge on any atom is 0.166 e. The number of hydrogen-bond acceptors (Lipinski definition) is 3. The van der Waals surface area contributed by atoms with E-state index in [-0.39, 0.29) is 11.6 Å². The van der Waals surface area contributed by atoms with E-state index in [9.17, 15) is 0 Å². The zero-order chi connectivity index (χ0) is 11.8. The van der Waals surface area contributed by atoms with Crippen molar-refractivity contribution >= 4 is 0 Å². The van der Waals surface area contributed by atoms with E-state index in [1.807, 2.05) is 32.0 Å². The predicted octanol–water partition coefficient (Wildman–Crippen LogP) is 2.43. The molecule has 3 heteroatoms. The first kappa shape index (κ1) is 11.3. The lowest BCUT2D eigenvalue weighted by atomic mass is 10.0. The van der Waals surface area contributed by atoms with Crippen LogP contribution in [0.3, 0.4) is 0 Å². The molecule has 1 aromatic carbocycles. The minimum Gasteiger partial charge on any atom is -0.493 e. The van der Waals surface area contributed by atoms with Crippen LogP contribution in [0.2, 0.25) is 0 Å². The van der Waals surface area contributed by atoms with Crippen LogP contribution in [0.25, 0.3) is 0 Å². The van der Waals surface area contributed by atoms with Gasteiger partial charge in [-0.25, -0.2) is 0 Å². The Labute approximate surface area is 96.5 Å². The Morgan fingerprint density at radius 3 is 2.50 bits per heavy atom. The van der Waals surface area contributed by atoms with Gasteiger partial charge in [0.25, 0.3) is 0 Å². The minimum absolute atomic E-state index is 0.123.